The highest BCUT2D eigenvalue weighted by atomic mass is 35.5. The van der Waals surface area contributed by atoms with Crippen LogP contribution in [-0.2, 0) is 0 Å². The second-order valence-electron chi connectivity index (χ2n) is 5.14. The van der Waals surface area contributed by atoms with Crippen LogP contribution in [0.2, 0.25) is 10.0 Å². The quantitative estimate of drug-likeness (QED) is 0.683. The third-order valence-corrected chi connectivity index (χ3v) is 4.15. The Labute approximate surface area is 159 Å². The number of benzene rings is 2. The highest BCUT2D eigenvalue weighted by Gasteiger charge is 2.12. The van der Waals surface area contributed by atoms with Gasteiger partial charge < -0.3 is 10.6 Å². The zero-order chi connectivity index (χ0) is 18.5. The molecule has 0 bridgehead atoms. The number of hydrogen-bond acceptors (Lipinski definition) is 5. The van der Waals surface area contributed by atoms with Gasteiger partial charge in [0.2, 0.25) is 5.95 Å². The van der Waals surface area contributed by atoms with Crippen molar-refractivity contribution in [3.05, 3.63) is 76.0 Å². The van der Waals surface area contributed by atoms with Crippen molar-refractivity contribution in [1.29, 1.82) is 5.26 Å². The van der Waals surface area contributed by atoms with Gasteiger partial charge in [-0.3, -0.25) is 4.79 Å². The first-order chi connectivity index (χ1) is 12.6. The third kappa shape index (κ3) is 4.09. The van der Waals surface area contributed by atoms with Crippen LogP contribution in [0.4, 0.5) is 17.3 Å². The minimum absolute atomic E-state index is 0.148. The van der Waals surface area contributed by atoms with Crippen LogP contribution < -0.4 is 10.6 Å². The highest BCUT2D eigenvalue weighted by molar-refractivity contribution is 6.44. The van der Waals surface area contributed by atoms with Crippen molar-refractivity contribution in [1.82, 2.24) is 9.97 Å². The summed E-state index contributed by atoms with van der Waals surface area (Å²) in [6.07, 6.45) is 1.46. The fourth-order valence-corrected chi connectivity index (χ4v) is 2.48. The molecule has 0 spiro atoms. The topological polar surface area (TPSA) is 90.7 Å². The Morgan fingerprint density at radius 2 is 1.92 bits per heavy atom. The molecule has 3 rings (SSSR count). The number of anilines is 3. The van der Waals surface area contributed by atoms with E-state index in [0.717, 1.165) is 0 Å². The number of nitrogens with one attached hydrogen (secondary N) is 2. The number of rotatable bonds is 4. The molecule has 1 aromatic heterocycles. The zero-order valence-electron chi connectivity index (χ0n) is 13.2. The minimum atomic E-state index is -0.453. The zero-order valence-corrected chi connectivity index (χ0v) is 14.7. The van der Waals surface area contributed by atoms with Gasteiger partial charge in [-0.25, -0.2) is 9.97 Å². The van der Waals surface area contributed by atoms with E-state index in [1.54, 1.807) is 42.5 Å². The van der Waals surface area contributed by atoms with Crippen molar-refractivity contribution in [2.24, 2.45) is 0 Å². The monoisotopic (exact) mass is 383 g/mol. The van der Waals surface area contributed by atoms with Crippen LogP contribution in [0.15, 0.2) is 54.7 Å². The van der Waals surface area contributed by atoms with E-state index in [2.05, 4.69) is 26.7 Å². The number of halogens is 2. The van der Waals surface area contributed by atoms with Crippen molar-refractivity contribution < 1.29 is 4.79 Å². The molecule has 0 aliphatic carbocycles. The number of aromatic nitrogens is 2. The maximum atomic E-state index is 12.4. The van der Waals surface area contributed by atoms with Crippen molar-refractivity contribution in [3.8, 4) is 6.07 Å². The molecule has 0 unspecified atom stereocenters. The van der Waals surface area contributed by atoms with Crippen LogP contribution in [-0.4, -0.2) is 15.9 Å². The summed E-state index contributed by atoms with van der Waals surface area (Å²) in [6.45, 7) is 0. The van der Waals surface area contributed by atoms with Gasteiger partial charge in [0.25, 0.3) is 5.91 Å². The molecule has 1 amide bonds. The SMILES string of the molecule is N#Cc1cccc(Nc2nccc(C(=O)Nc3cccc(Cl)c3Cl)n2)c1. The van der Waals surface area contributed by atoms with E-state index >= 15 is 0 Å². The van der Waals surface area contributed by atoms with E-state index in [1.807, 2.05) is 0 Å². The van der Waals surface area contributed by atoms with Crippen molar-refractivity contribution >= 4 is 46.4 Å². The van der Waals surface area contributed by atoms with Crippen LogP contribution in [0.1, 0.15) is 16.1 Å². The third-order valence-electron chi connectivity index (χ3n) is 3.34. The fraction of sp³-hybridized carbons (Fsp3) is 0. The Balaban J connectivity index is 1.79. The molecule has 0 fully saturated rings. The molecule has 0 aliphatic heterocycles. The van der Waals surface area contributed by atoms with Crippen molar-refractivity contribution in [2.45, 2.75) is 0 Å². The second kappa shape index (κ2) is 7.83. The molecule has 8 heteroatoms. The number of nitrogens with zero attached hydrogens (tertiary/aromatic N) is 3. The van der Waals surface area contributed by atoms with Gasteiger partial charge in [0.15, 0.2) is 0 Å². The van der Waals surface area contributed by atoms with Crippen LogP contribution in [0.5, 0.6) is 0 Å². The molecule has 3 aromatic rings. The molecule has 0 aliphatic rings. The summed E-state index contributed by atoms with van der Waals surface area (Å²) in [6, 6.07) is 15.3. The lowest BCUT2D eigenvalue weighted by molar-refractivity contribution is 0.102. The standard InChI is InChI=1S/C18H11Cl2N5O/c19-13-5-2-6-14(16(13)20)24-17(26)15-7-8-22-18(25-15)23-12-4-1-3-11(9-12)10-21/h1-9H,(H,24,26)(H,22,23,25). The minimum Gasteiger partial charge on any atom is -0.324 e. The molecule has 2 aromatic carbocycles. The Kier molecular flexibility index (Phi) is 5.32. The smallest absolute Gasteiger partial charge is 0.274 e. The predicted molar refractivity (Wildman–Crippen MR) is 101 cm³/mol. The van der Waals surface area contributed by atoms with E-state index in [-0.39, 0.29) is 16.7 Å². The van der Waals surface area contributed by atoms with Crippen LogP contribution >= 0.6 is 23.2 Å². The van der Waals surface area contributed by atoms with Crippen LogP contribution in [0, 0.1) is 11.3 Å². The Bertz CT molecular complexity index is 1020. The average molecular weight is 384 g/mol. The molecule has 0 saturated carbocycles. The molecular weight excluding hydrogens is 373 g/mol. The molecule has 0 atom stereocenters. The van der Waals surface area contributed by atoms with E-state index < -0.39 is 5.91 Å². The lowest BCUT2D eigenvalue weighted by atomic mass is 10.2. The first-order valence-corrected chi connectivity index (χ1v) is 8.18. The maximum Gasteiger partial charge on any atom is 0.274 e. The summed E-state index contributed by atoms with van der Waals surface area (Å²) < 4.78 is 0. The summed E-state index contributed by atoms with van der Waals surface area (Å²) in [5.74, 6) is -0.227. The Morgan fingerprint density at radius 3 is 2.73 bits per heavy atom. The van der Waals surface area contributed by atoms with Gasteiger partial charge in [0, 0.05) is 11.9 Å². The number of carbonyl (C=O) groups is 1. The summed E-state index contributed by atoms with van der Waals surface area (Å²) in [7, 11) is 0. The number of carbonyl (C=O) groups excluding carboxylic acids is 1. The molecule has 0 saturated heterocycles. The van der Waals surface area contributed by atoms with Crippen LogP contribution in [0.25, 0.3) is 0 Å². The molecule has 2 N–H and O–H groups in total. The van der Waals surface area contributed by atoms with Gasteiger partial charge in [-0.1, -0.05) is 35.3 Å². The first kappa shape index (κ1) is 17.7. The Hall–Kier alpha value is -3.14. The van der Waals surface area contributed by atoms with Gasteiger partial charge >= 0.3 is 0 Å². The molecular formula is C18H11Cl2N5O. The van der Waals surface area contributed by atoms with Gasteiger partial charge in [-0.05, 0) is 36.4 Å². The summed E-state index contributed by atoms with van der Waals surface area (Å²) in [5, 5.41) is 15.2. The first-order valence-electron chi connectivity index (χ1n) is 7.42. The number of amides is 1. The lowest BCUT2D eigenvalue weighted by Crippen LogP contribution is -2.15. The predicted octanol–water partition coefficient (Wildman–Crippen LogP) is 4.65. The fourth-order valence-electron chi connectivity index (χ4n) is 2.13. The van der Waals surface area contributed by atoms with Crippen molar-refractivity contribution in [2.75, 3.05) is 10.6 Å². The molecule has 128 valence electrons. The Morgan fingerprint density at radius 1 is 1.12 bits per heavy atom. The number of hydrogen-bond donors (Lipinski definition) is 2. The van der Waals surface area contributed by atoms with Crippen molar-refractivity contribution in [3.63, 3.8) is 0 Å². The maximum absolute atomic E-state index is 12.4. The van der Waals surface area contributed by atoms with E-state index in [0.29, 0.717) is 22.0 Å². The van der Waals surface area contributed by atoms with Gasteiger partial charge in [-0.15, -0.1) is 0 Å². The van der Waals surface area contributed by atoms with Gasteiger partial charge in [-0.2, -0.15) is 5.26 Å². The second-order valence-corrected chi connectivity index (χ2v) is 5.92. The number of nitriles is 1. The van der Waals surface area contributed by atoms with Crippen LogP contribution in [0.3, 0.4) is 0 Å². The summed E-state index contributed by atoms with van der Waals surface area (Å²) in [5.41, 5.74) is 1.67. The van der Waals surface area contributed by atoms with E-state index in [4.69, 9.17) is 28.5 Å². The normalized spacial score (nSPS) is 10.0. The molecule has 1 heterocycles. The highest BCUT2D eigenvalue weighted by Crippen LogP contribution is 2.29. The largest absolute Gasteiger partial charge is 0.324 e. The average Bonchev–Trinajstić information content (AvgIpc) is 2.66. The molecule has 6 nitrogen and oxygen atoms in total. The van der Waals surface area contributed by atoms with Gasteiger partial charge in [0.05, 0.1) is 27.4 Å². The summed E-state index contributed by atoms with van der Waals surface area (Å²) in [4.78, 5) is 20.7. The molecule has 26 heavy (non-hydrogen) atoms. The lowest BCUT2D eigenvalue weighted by Gasteiger charge is -2.09. The molecule has 0 radical (unpaired) electrons. The van der Waals surface area contributed by atoms with E-state index in [1.165, 1.54) is 12.3 Å². The van der Waals surface area contributed by atoms with E-state index in [9.17, 15) is 4.79 Å². The summed E-state index contributed by atoms with van der Waals surface area (Å²) >= 11 is 12.0. The van der Waals surface area contributed by atoms with Gasteiger partial charge in [0.1, 0.15) is 5.69 Å².